The molecule has 0 radical (unpaired) electrons. The van der Waals surface area contributed by atoms with Gasteiger partial charge in [-0.25, -0.2) is 4.98 Å². The predicted molar refractivity (Wildman–Crippen MR) is 91.8 cm³/mol. The Morgan fingerprint density at radius 1 is 1.43 bits per heavy atom. The topological polar surface area (TPSA) is 42.4 Å². The summed E-state index contributed by atoms with van der Waals surface area (Å²) < 4.78 is 5.73. The van der Waals surface area contributed by atoms with E-state index in [1.807, 2.05) is 36.7 Å². The number of carbonyl (C=O) groups excluding carboxylic acids is 1. The van der Waals surface area contributed by atoms with Crippen molar-refractivity contribution in [2.45, 2.75) is 32.7 Å². The van der Waals surface area contributed by atoms with Crippen LogP contribution in [0.5, 0.6) is 5.75 Å². The fraction of sp³-hybridized carbons (Fsp3) is 0.444. The van der Waals surface area contributed by atoms with Crippen molar-refractivity contribution < 1.29 is 9.53 Å². The molecule has 5 heteroatoms. The highest BCUT2D eigenvalue weighted by Crippen LogP contribution is 2.28. The zero-order valence-corrected chi connectivity index (χ0v) is 14.6. The molecule has 0 fully saturated rings. The van der Waals surface area contributed by atoms with Crippen molar-refractivity contribution in [3.05, 3.63) is 45.9 Å². The summed E-state index contributed by atoms with van der Waals surface area (Å²) in [6.45, 7) is 5.28. The first kappa shape index (κ1) is 16.0. The molecule has 0 aliphatic carbocycles. The molecule has 2 heterocycles. The molecule has 2 aromatic rings. The number of thiazole rings is 1. The molecule has 1 amide bonds. The minimum atomic E-state index is -0.113. The first-order valence-electron chi connectivity index (χ1n) is 7.94. The van der Waals surface area contributed by atoms with E-state index in [0.29, 0.717) is 19.1 Å². The molecule has 1 aliphatic rings. The van der Waals surface area contributed by atoms with Crippen molar-refractivity contribution in [3.63, 3.8) is 0 Å². The summed E-state index contributed by atoms with van der Waals surface area (Å²) in [5.74, 6) is 1.34. The molecule has 0 spiro atoms. The summed E-state index contributed by atoms with van der Waals surface area (Å²) in [6.07, 6.45) is 0.744. The molecule has 23 heavy (non-hydrogen) atoms. The van der Waals surface area contributed by atoms with Crippen LogP contribution in [0.15, 0.2) is 29.6 Å². The zero-order chi connectivity index (χ0) is 16.4. The Hall–Kier alpha value is -1.88. The van der Waals surface area contributed by atoms with Crippen LogP contribution in [-0.2, 0) is 17.8 Å². The highest BCUT2D eigenvalue weighted by Gasteiger charge is 2.28. The monoisotopic (exact) mass is 330 g/mol. The van der Waals surface area contributed by atoms with E-state index >= 15 is 0 Å². The van der Waals surface area contributed by atoms with Crippen LogP contribution in [0, 0.1) is 5.92 Å². The fourth-order valence-corrected chi connectivity index (χ4v) is 3.61. The number of hydrogen-bond acceptors (Lipinski definition) is 4. The Labute approximate surface area is 141 Å². The lowest BCUT2D eigenvalue weighted by molar-refractivity contribution is -0.136. The zero-order valence-electron chi connectivity index (χ0n) is 13.8. The second-order valence-corrected chi connectivity index (χ2v) is 7.24. The highest BCUT2D eigenvalue weighted by molar-refractivity contribution is 7.09. The highest BCUT2D eigenvalue weighted by atomic mass is 32.1. The molecule has 0 saturated heterocycles. The van der Waals surface area contributed by atoms with Crippen LogP contribution in [0.1, 0.15) is 36.0 Å². The lowest BCUT2D eigenvalue weighted by Crippen LogP contribution is -2.38. The first-order valence-corrected chi connectivity index (χ1v) is 8.82. The van der Waals surface area contributed by atoms with Crippen LogP contribution in [0.4, 0.5) is 0 Å². The van der Waals surface area contributed by atoms with Crippen LogP contribution < -0.4 is 4.74 Å². The smallest absolute Gasteiger partial charge is 0.229 e. The third kappa shape index (κ3) is 3.55. The van der Waals surface area contributed by atoms with E-state index in [1.165, 1.54) is 0 Å². The number of rotatable bonds is 4. The number of amides is 1. The van der Waals surface area contributed by atoms with Gasteiger partial charge in [-0.2, -0.15) is 0 Å². The lowest BCUT2D eigenvalue weighted by atomic mass is 9.95. The number of nitrogens with zero attached hydrogens (tertiary/aromatic N) is 2. The number of ether oxygens (including phenoxy) is 1. The van der Waals surface area contributed by atoms with Gasteiger partial charge in [-0.15, -0.1) is 11.3 Å². The van der Waals surface area contributed by atoms with Crippen LogP contribution >= 0.6 is 11.3 Å². The van der Waals surface area contributed by atoms with Gasteiger partial charge in [-0.1, -0.05) is 32.0 Å². The lowest BCUT2D eigenvalue weighted by Gasteiger charge is -2.28. The first-order chi connectivity index (χ1) is 11.0. The van der Waals surface area contributed by atoms with E-state index in [1.54, 1.807) is 16.2 Å². The average Bonchev–Trinajstić information content (AvgIpc) is 3.02. The molecule has 1 aromatic heterocycles. The van der Waals surface area contributed by atoms with Gasteiger partial charge in [0.15, 0.2) is 0 Å². The molecule has 1 aliphatic heterocycles. The fourth-order valence-electron chi connectivity index (χ4n) is 2.78. The minimum absolute atomic E-state index is 0.113. The van der Waals surface area contributed by atoms with E-state index in [4.69, 9.17) is 4.74 Å². The summed E-state index contributed by atoms with van der Waals surface area (Å²) >= 11 is 1.66. The number of hydrogen-bond donors (Lipinski definition) is 0. The molecule has 4 nitrogen and oxygen atoms in total. The van der Waals surface area contributed by atoms with Gasteiger partial charge >= 0.3 is 0 Å². The Bertz CT molecular complexity index is 696. The van der Waals surface area contributed by atoms with E-state index in [9.17, 15) is 4.79 Å². The molecule has 0 N–H and O–H groups in total. The maximum atomic E-state index is 12.7. The summed E-state index contributed by atoms with van der Waals surface area (Å²) in [7, 11) is 1.84. The normalized spacial score (nSPS) is 16.8. The molecule has 1 aromatic carbocycles. The van der Waals surface area contributed by atoms with Gasteiger partial charge in [-0.05, 0) is 18.1 Å². The molecule has 122 valence electrons. The molecular weight excluding hydrogens is 308 g/mol. The SMILES string of the molecule is CC(C)c1nc(CN(C)C(=O)[C@H]2COc3ccccc3C2)cs1. The van der Waals surface area contributed by atoms with Crippen molar-refractivity contribution in [1.82, 2.24) is 9.88 Å². The molecule has 0 saturated carbocycles. The summed E-state index contributed by atoms with van der Waals surface area (Å²) in [4.78, 5) is 19.0. The second-order valence-electron chi connectivity index (χ2n) is 6.35. The minimum Gasteiger partial charge on any atom is -0.492 e. The Morgan fingerprint density at radius 2 is 2.22 bits per heavy atom. The third-order valence-corrected chi connectivity index (χ3v) is 5.26. The summed E-state index contributed by atoms with van der Waals surface area (Å²) in [5, 5.41) is 3.17. The van der Waals surface area contributed by atoms with Crippen LogP contribution in [0.2, 0.25) is 0 Å². The molecule has 0 bridgehead atoms. The van der Waals surface area contributed by atoms with Crippen molar-refractivity contribution in [1.29, 1.82) is 0 Å². The van der Waals surface area contributed by atoms with E-state index in [2.05, 4.69) is 18.8 Å². The number of carbonyl (C=O) groups is 1. The number of aromatic nitrogens is 1. The standard InChI is InChI=1S/C18H22N2O2S/c1-12(2)17-19-15(11-23-17)9-20(3)18(21)14-8-13-6-4-5-7-16(13)22-10-14/h4-7,11-12,14H,8-10H2,1-3H3/t14-/m1/s1. The molecular formula is C18H22N2O2S. The predicted octanol–water partition coefficient (Wildman–Crippen LogP) is 3.48. The molecule has 1 atom stereocenters. The Balaban J connectivity index is 1.63. The summed E-state index contributed by atoms with van der Waals surface area (Å²) in [6, 6.07) is 7.94. The van der Waals surface area contributed by atoms with Gasteiger partial charge in [0.2, 0.25) is 5.91 Å². The van der Waals surface area contributed by atoms with E-state index in [-0.39, 0.29) is 11.8 Å². The Kier molecular flexibility index (Phi) is 4.66. The van der Waals surface area contributed by atoms with E-state index < -0.39 is 0 Å². The van der Waals surface area contributed by atoms with E-state index in [0.717, 1.165) is 28.4 Å². The van der Waals surface area contributed by atoms with Gasteiger partial charge in [-0.3, -0.25) is 4.79 Å². The van der Waals surface area contributed by atoms with Gasteiger partial charge in [0.05, 0.1) is 23.2 Å². The summed E-state index contributed by atoms with van der Waals surface area (Å²) in [5.41, 5.74) is 2.08. The van der Waals surface area contributed by atoms with Crippen molar-refractivity contribution >= 4 is 17.2 Å². The molecule has 0 unspecified atom stereocenters. The van der Waals surface area contributed by atoms with Crippen molar-refractivity contribution in [3.8, 4) is 5.75 Å². The third-order valence-electron chi connectivity index (χ3n) is 4.07. The quantitative estimate of drug-likeness (QED) is 0.862. The van der Waals surface area contributed by atoms with Gasteiger partial charge in [0.1, 0.15) is 12.4 Å². The Morgan fingerprint density at radius 3 is 2.96 bits per heavy atom. The van der Waals surface area contributed by atoms with Crippen LogP contribution in [0.25, 0.3) is 0 Å². The maximum absolute atomic E-state index is 12.7. The van der Waals surface area contributed by atoms with Crippen molar-refractivity contribution in [2.75, 3.05) is 13.7 Å². The number of benzene rings is 1. The van der Waals surface area contributed by atoms with Crippen LogP contribution in [-0.4, -0.2) is 29.4 Å². The van der Waals surface area contributed by atoms with Crippen LogP contribution in [0.3, 0.4) is 0 Å². The van der Waals surface area contributed by atoms with Gasteiger partial charge < -0.3 is 9.64 Å². The average molecular weight is 330 g/mol. The van der Waals surface area contributed by atoms with Crippen molar-refractivity contribution in [2.24, 2.45) is 5.92 Å². The number of fused-ring (bicyclic) bond motifs is 1. The molecule has 3 rings (SSSR count). The second kappa shape index (κ2) is 6.71. The van der Waals surface area contributed by atoms with Gasteiger partial charge in [0.25, 0.3) is 0 Å². The maximum Gasteiger partial charge on any atom is 0.229 e. The van der Waals surface area contributed by atoms with Gasteiger partial charge in [0, 0.05) is 18.3 Å². The largest absolute Gasteiger partial charge is 0.492 e. The number of para-hydroxylation sites is 1.